The van der Waals surface area contributed by atoms with E-state index in [4.69, 9.17) is 0 Å². The van der Waals surface area contributed by atoms with Crippen molar-refractivity contribution in [3.05, 3.63) is 45.5 Å². The molecule has 6 rings (SSSR count). The van der Waals surface area contributed by atoms with Crippen LogP contribution in [-0.2, 0) is 25.7 Å². The summed E-state index contributed by atoms with van der Waals surface area (Å²) in [5.41, 5.74) is 8.73. The van der Waals surface area contributed by atoms with Crippen molar-refractivity contribution >= 4 is 23.8 Å². The minimum absolute atomic E-state index is 0.343. The molecule has 0 fully saturated rings. The second-order valence-corrected chi connectivity index (χ2v) is 9.48. The number of benzene rings is 2. The molecule has 4 heterocycles. The van der Waals surface area contributed by atoms with E-state index < -0.39 is 0 Å². The molecule has 0 unspecified atom stereocenters. The molecule has 0 radical (unpaired) electrons. The summed E-state index contributed by atoms with van der Waals surface area (Å²) in [5.74, 6) is 0.686. The Morgan fingerprint density at radius 1 is 0.625 bits per heavy atom. The summed E-state index contributed by atoms with van der Waals surface area (Å²) in [6.45, 7) is 4.34. The van der Waals surface area contributed by atoms with Gasteiger partial charge >= 0.3 is 0 Å². The van der Waals surface area contributed by atoms with Crippen LogP contribution in [0.4, 0.5) is 11.4 Å². The molecule has 2 aromatic rings. The number of anilines is 2. The summed E-state index contributed by atoms with van der Waals surface area (Å²) in [6, 6.07) is 4.14. The highest BCUT2D eigenvalue weighted by Gasteiger charge is 2.28. The van der Waals surface area contributed by atoms with E-state index >= 15 is 0 Å². The number of hydrogen-bond acceptors (Lipinski definition) is 6. The van der Waals surface area contributed by atoms with Gasteiger partial charge in [0, 0.05) is 59.8 Å². The Kier molecular flexibility index (Phi) is 4.81. The van der Waals surface area contributed by atoms with Gasteiger partial charge in [-0.05, 0) is 74.6 Å². The van der Waals surface area contributed by atoms with Crippen molar-refractivity contribution in [3.63, 3.8) is 0 Å². The minimum atomic E-state index is 0.343. The number of hydrogen-bond donors (Lipinski definition) is 2. The van der Waals surface area contributed by atoms with Gasteiger partial charge < -0.3 is 20.0 Å². The third-order valence-electron chi connectivity index (χ3n) is 7.51. The second-order valence-electron chi connectivity index (χ2n) is 9.48. The molecule has 0 saturated heterocycles. The lowest BCUT2D eigenvalue weighted by Crippen LogP contribution is -2.34. The Hall–Kier alpha value is -3.02. The van der Waals surface area contributed by atoms with Crippen LogP contribution in [0.25, 0.3) is 0 Å². The van der Waals surface area contributed by atoms with E-state index in [1.165, 1.54) is 22.5 Å². The molecule has 0 amide bonds. The molecule has 0 bridgehead atoms. The summed E-state index contributed by atoms with van der Waals surface area (Å²) >= 11 is 0. The normalized spacial score (nSPS) is 19.5. The molecule has 0 saturated carbocycles. The fourth-order valence-corrected chi connectivity index (χ4v) is 6.12. The third kappa shape index (κ3) is 3.15. The molecule has 2 aromatic carbocycles. The predicted octanol–water partition coefficient (Wildman–Crippen LogP) is 3.95. The molecule has 0 aromatic heterocycles. The van der Waals surface area contributed by atoms with Gasteiger partial charge in [0.2, 0.25) is 0 Å². The van der Waals surface area contributed by atoms with Gasteiger partial charge in [-0.2, -0.15) is 10.2 Å². The summed E-state index contributed by atoms with van der Waals surface area (Å²) in [7, 11) is 0. The van der Waals surface area contributed by atoms with Gasteiger partial charge in [-0.3, -0.25) is 0 Å². The van der Waals surface area contributed by atoms with Gasteiger partial charge in [0.05, 0.1) is 12.4 Å². The number of aromatic hydroxyl groups is 2. The molecule has 0 atom stereocenters. The van der Waals surface area contributed by atoms with E-state index in [1.807, 2.05) is 0 Å². The predicted molar refractivity (Wildman–Crippen MR) is 129 cm³/mol. The minimum Gasteiger partial charge on any atom is -0.507 e. The summed E-state index contributed by atoms with van der Waals surface area (Å²) in [6.07, 6.45) is 11.7. The fourth-order valence-electron chi connectivity index (χ4n) is 6.12. The van der Waals surface area contributed by atoms with Crippen molar-refractivity contribution in [1.82, 2.24) is 0 Å². The molecule has 6 heteroatoms. The number of phenols is 2. The zero-order chi connectivity index (χ0) is 21.7. The average molecular weight is 431 g/mol. The fraction of sp³-hybridized carbons (Fsp3) is 0.462. The van der Waals surface area contributed by atoms with Crippen LogP contribution in [0.2, 0.25) is 0 Å². The monoisotopic (exact) mass is 430 g/mol. The first-order chi connectivity index (χ1) is 15.7. The molecular formula is C26H30N4O2. The van der Waals surface area contributed by atoms with Crippen molar-refractivity contribution in [2.24, 2.45) is 10.2 Å². The molecule has 166 valence electrons. The van der Waals surface area contributed by atoms with Gasteiger partial charge in [0.25, 0.3) is 0 Å². The highest BCUT2D eigenvalue weighted by molar-refractivity contribution is 5.90. The summed E-state index contributed by atoms with van der Waals surface area (Å²) in [4.78, 5) is 4.84. The number of rotatable bonds is 3. The number of aryl methyl sites for hydroxylation is 2. The van der Waals surface area contributed by atoms with Gasteiger partial charge in [-0.1, -0.05) is 0 Å². The van der Waals surface area contributed by atoms with Crippen LogP contribution in [0, 0.1) is 0 Å². The first kappa shape index (κ1) is 19.6. The Balaban J connectivity index is 1.29. The molecule has 4 aliphatic heterocycles. The average Bonchev–Trinajstić information content (AvgIpc) is 2.82. The zero-order valence-corrected chi connectivity index (χ0v) is 18.5. The van der Waals surface area contributed by atoms with E-state index in [9.17, 15) is 10.2 Å². The Morgan fingerprint density at radius 2 is 1.03 bits per heavy atom. The van der Waals surface area contributed by atoms with Crippen molar-refractivity contribution in [2.45, 2.75) is 51.4 Å². The van der Waals surface area contributed by atoms with Crippen LogP contribution >= 0.6 is 0 Å². The molecule has 2 N–H and O–H groups in total. The van der Waals surface area contributed by atoms with Crippen molar-refractivity contribution in [3.8, 4) is 11.5 Å². The lowest BCUT2D eigenvalue weighted by atomic mass is 9.89. The lowest BCUT2D eigenvalue weighted by Gasteiger charge is -2.37. The van der Waals surface area contributed by atoms with E-state index in [2.05, 4.69) is 32.1 Å². The summed E-state index contributed by atoms with van der Waals surface area (Å²) < 4.78 is 0. The lowest BCUT2D eigenvalue weighted by molar-refractivity contribution is 0.461. The van der Waals surface area contributed by atoms with Gasteiger partial charge in [0.1, 0.15) is 11.5 Å². The maximum Gasteiger partial charge on any atom is 0.129 e. The highest BCUT2D eigenvalue weighted by Crippen LogP contribution is 2.42. The Labute approximate surface area is 188 Å². The topological polar surface area (TPSA) is 71.7 Å². The van der Waals surface area contributed by atoms with E-state index in [1.54, 1.807) is 12.4 Å². The number of nitrogens with zero attached hydrogens (tertiary/aromatic N) is 4. The first-order valence-corrected chi connectivity index (χ1v) is 12.0. The molecule has 0 spiro atoms. The van der Waals surface area contributed by atoms with Crippen LogP contribution < -0.4 is 9.80 Å². The van der Waals surface area contributed by atoms with E-state index in [0.29, 0.717) is 11.5 Å². The maximum atomic E-state index is 10.9. The maximum absolute atomic E-state index is 10.9. The SMILES string of the molecule is Oc1c(/C=N/N=C/c2cc3c4c(c2O)CCCN4CCC3)cc2c3c1CCCN3CCC2. The Morgan fingerprint density at radius 3 is 1.47 bits per heavy atom. The molecule has 6 nitrogen and oxygen atoms in total. The smallest absolute Gasteiger partial charge is 0.129 e. The third-order valence-corrected chi connectivity index (χ3v) is 7.51. The van der Waals surface area contributed by atoms with Crippen LogP contribution in [-0.4, -0.2) is 48.8 Å². The zero-order valence-electron chi connectivity index (χ0n) is 18.5. The van der Waals surface area contributed by atoms with Gasteiger partial charge in [0.15, 0.2) is 0 Å². The molecule has 0 aliphatic carbocycles. The van der Waals surface area contributed by atoms with Crippen LogP contribution in [0.5, 0.6) is 11.5 Å². The van der Waals surface area contributed by atoms with Crippen LogP contribution in [0.1, 0.15) is 59.1 Å². The first-order valence-electron chi connectivity index (χ1n) is 12.0. The molecule has 4 aliphatic rings. The van der Waals surface area contributed by atoms with E-state index in [0.717, 1.165) is 99.8 Å². The van der Waals surface area contributed by atoms with Crippen molar-refractivity contribution in [1.29, 1.82) is 0 Å². The molecular weight excluding hydrogens is 400 g/mol. The molecule has 32 heavy (non-hydrogen) atoms. The van der Waals surface area contributed by atoms with Crippen molar-refractivity contribution < 1.29 is 10.2 Å². The standard InChI is InChI=1S/C26H30N4O2/c31-25-19(13-17-5-1-9-29-11-3-7-21(25)23(17)29)15-27-28-16-20-14-18-6-2-10-30-12-4-8-22(24(18)30)26(20)32/h13-16,31-32H,1-12H2/b27-15+,28-16+. The quantitative estimate of drug-likeness (QED) is 0.571. The number of phenolic OH excluding ortho intramolecular Hbond substituents is 2. The second kappa shape index (κ2) is 7.84. The van der Waals surface area contributed by atoms with Gasteiger partial charge in [-0.15, -0.1) is 0 Å². The van der Waals surface area contributed by atoms with Crippen LogP contribution in [0.3, 0.4) is 0 Å². The van der Waals surface area contributed by atoms with E-state index in [-0.39, 0.29) is 0 Å². The highest BCUT2D eigenvalue weighted by atomic mass is 16.3. The summed E-state index contributed by atoms with van der Waals surface area (Å²) in [5, 5.41) is 30.2. The van der Waals surface area contributed by atoms with Crippen LogP contribution in [0.15, 0.2) is 22.3 Å². The van der Waals surface area contributed by atoms with Crippen molar-refractivity contribution in [2.75, 3.05) is 36.0 Å². The Bertz CT molecular complexity index is 1040. The van der Waals surface area contributed by atoms with Gasteiger partial charge in [-0.25, -0.2) is 0 Å². The largest absolute Gasteiger partial charge is 0.507 e.